The van der Waals surface area contributed by atoms with Crippen LogP contribution in [-0.4, -0.2) is 47.4 Å². The number of aliphatic hydroxyl groups excluding tert-OH is 2. The number of ether oxygens (including phenoxy) is 1. The van der Waals surface area contributed by atoms with E-state index in [0.717, 1.165) is 51.4 Å². The number of amides is 1. The van der Waals surface area contributed by atoms with Gasteiger partial charge in [-0.15, -0.1) is 0 Å². The Balaban J connectivity index is 3.47. The van der Waals surface area contributed by atoms with Crippen LogP contribution in [0.3, 0.4) is 0 Å². The third kappa shape index (κ3) is 63.0. The molecule has 0 saturated heterocycles. The Morgan fingerprint density at radius 3 is 1.00 bits per heavy atom. The largest absolute Gasteiger partial charge is 0.466 e. The number of hydrogen-bond donors (Lipinski definition) is 3. The molecule has 0 aliphatic carbocycles. The zero-order chi connectivity index (χ0) is 56.4. The zero-order valence-electron chi connectivity index (χ0n) is 52.4. The SMILES string of the molecule is CCCCCC/C=C\CCCCCCCC(=O)OCCCCCCCCCCC/C=C\C/C=C\CCCCCCCCCCCC(=O)NC(CO)C(O)/C=C/CCCCCCCCCCCCCCCCCCCCCCC. The second-order valence-electron chi connectivity index (χ2n) is 23.9. The maximum atomic E-state index is 12.5. The summed E-state index contributed by atoms with van der Waals surface area (Å²) in [7, 11) is 0. The molecular formula is C72H135NO5. The molecule has 0 aromatic heterocycles. The second kappa shape index (κ2) is 67.3. The van der Waals surface area contributed by atoms with E-state index >= 15 is 0 Å². The molecule has 0 heterocycles. The van der Waals surface area contributed by atoms with Crippen LogP contribution in [0.1, 0.15) is 373 Å². The van der Waals surface area contributed by atoms with E-state index in [1.165, 1.54) is 295 Å². The molecule has 6 nitrogen and oxygen atoms in total. The van der Waals surface area contributed by atoms with Crippen molar-refractivity contribution in [2.24, 2.45) is 0 Å². The first-order valence-corrected chi connectivity index (χ1v) is 34.9. The molecule has 0 rings (SSSR count). The standard InChI is InChI=1S/C72H135NO5/c1-3-5-7-9-11-13-15-17-18-19-20-21-25-28-31-34-37-41-44-48-52-56-60-64-70(75)69(68-74)73-71(76)65-61-57-53-49-45-42-38-35-32-29-26-23-22-24-27-30-33-36-39-43-47-51-55-59-63-67-78-72(77)66-62-58-54-50-46-40-16-14-12-10-8-6-4-2/h14,16,23-24,26-27,60,64,69-70,74-75H,3-13,15,17-22,25,28-59,61-63,65-68H2,1-2H3,(H,73,76)/b16-14-,26-23-,27-24-,64-60+. The van der Waals surface area contributed by atoms with E-state index in [0.29, 0.717) is 19.4 Å². The monoisotopic (exact) mass is 1090 g/mol. The molecule has 0 aliphatic heterocycles. The fourth-order valence-corrected chi connectivity index (χ4v) is 10.7. The highest BCUT2D eigenvalue weighted by molar-refractivity contribution is 5.76. The fraction of sp³-hybridized carbons (Fsp3) is 0.861. The van der Waals surface area contributed by atoms with E-state index in [4.69, 9.17) is 4.74 Å². The Morgan fingerprint density at radius 2 is 0.641 bits per heavy atom. The molecule has 3 N–H and O–H groups in total. The van der Waals surface area contributed by atoms with Crippen LogP contribution in [0.25, 0.3) is 0 Å². The maximum Gasteiger partial charge on any atom is 0.305 e. The summed E-state index contributed by atoms with van der Waals surface area (Å²) in [6.45, 7) is 4.91. The number of carbonyl (C=O) groups is 2. The molecule has 0 saturated carbocycles. The molecule has 0 spiro atoms. The molecule has 1 amide bonds. The Morgan fingerprint density at radius 1 is 0.359 bits per heavy atom. The van der Waals surface area contributed by atoms with Crippen molar-refractivity contribution in [1.82, 2.24) is 5.32 Å². The minimum absolute atomic E-state index is 0.000601. The Hall–Kier alpha value is -2.18. The molecule has 6 heteroatoms. The van der Waals surface area contributed by atoms with E-state index in [1.54, 1.807) is 6.08 Å². The van der Waals surface area contributed by atoms with Crippen LogP contribution in [0.5, 0.6) is 0 Å². The number of rotatable bonds is 65. The van der Waals surface area contributed by atoms with Gasteiger partial charge in [0.05, 0.1) is 25.4 Å². The van der Waals surface area contributed by atoms with Crippen LogP contribution in [-0.2, 0) is 14.3 Å². The summed E-state index contributed by atoms with van der Waals surface area (Å²) in [6, 6.07) is -0.635. The predicted molar refractivity (Wildman–Crippen MR) is 342 cm³/mol. The van der Waals surface area contributed by atoms with Crippen LogP contribution < -0.4 is 5.32 Å². The lowest BCUT2D eigenvalue weighted by Gasteiger charge is -2.20. The van der Waals surface area contributed by atoms with E-state index in [2.05, 4.69) is 55.6 Å². The minimum Gasteiger partial charge on any atom is -0.466 e. The smallest absolute Gasteiger partial charge is 0.305 e. The van der Waals surface area contributed by atoms with Gasteiger partial charge in [-0.05, 0) is 89.9 Å². The highest BCUT2D eigenvalue weighted by Crippen LogP contribution is 2.18. The van der Waals surface area contributed by atoms with Gasteiger partial charge in [0.25, 0.3) is 0 Å². The van der Waals surface area contributed by atoms with Crippen molar-refractivity contribution in [2.45, 2.75) is 386 Å². The molecule has 2 atom stereocenters. The summed E-state index contributed by atoms with van der Waals surface area (Å²) in [6.07, 6.45) is 87.5. The average molecular weight is 1090 g/mol. The van der Waals surface area contributed by atoms with Gasteiger partial charge in [0.2, 0.25) is 5.91 Å². The highest BCUT2D eigenvalue weighted by atomic mass is 16.5. The number of aliphatic hydroxyl groups is 2. The average Bonchev–Trinajstić information content (AvgIpc) is 3.44. The quantitative estimate of drug-likeness (QED) is 0.0320. The first-order valence-electron chi connectivity index (χ1n) is 34.9. The fourth-order valence-electron chi connectivity index (χ4n) is 10.7. The molecule has 0 aromatic rings. The van der Waals surface area contributed by atoms with Crippen molar-refractivity contribution in [3.63, 3.8) is 0 Å². The molecule has 2 unspecified atom stereocenters. The number of esters is 1. The molecule has 0 aliphatic rings. The molecule has 0 aromatic carbocycles. The van der Waals surface area contributed by atoms with Gasteiger partial charge in [0, 0.05) is 12.8 Å². The van der Waals surface area contributed by atoms with Gasteiger partial charge in [0.15, 0.2) is 0 Å². The maximum absolute atomic E-state index is 12.5. The van der Waals surface area contributed by atoms with Gasteiger partial charge in [0.1, 0.15) is 0 Å². The molecular weight excluding hydrogens is 959 g/mol. The Kier molecular flexibility index (Phi) is 65.4. The van der Waals surface area contributed by atoms with E-state index in [1.807, 2.05) is 6.08 Å². The van der Waals surface area contributed by atoms with Crippen molar-refractivity contribution >= 4 is 11.9 Å². The van der Waals surface area contributed by atoms with E-state index in [9.17, 15) is 19.8 Å². The lowest BCUT2D eigenvalue weighted by Crippen LogP contribution is -2.45. The van der Waals surface area contributed by atoms with Gasteiger partial charge in [-0.25, -0.2) is 0 Å². The summed E-state index contributed by atoms with van der Waals surface area (Å²) in [4.78, 5) is 24.6. The lowest BCUT2D eigenvalue weighted by molar-refractivity contribution is -0.143. The minimum atomic E-state index is -0.851. The van der Waals surface area contributed by atoms with Crippen LogP contribution >= 0.6 is 0 Å². The first-order chi connectivity index (χ1) is 38.5. The zero-order valence-corrected chi connectivity index (χ0v) is 52.4. The van der Waals surface area contributed by atoms with Crippen molar-refractivity contribution in [1.29, 1.82) is 0 Å². The highest BCUT2D eigenvalue weighted by Gasteiger charge is 2.18. The van der Waals surface area contributed by atoms with Crippen molar-refractivity contribution in [2.75, 3.05) is 13.2 Å². The molecule has 0 radical (unpaired) electrons. The summed E-state index contributed by atoms with van der Waals surface area (Å²) >= 11 is 0. The first kappa shape index (κ1) is 75.8. The lowest BCUT2D eigenvalue weighted by atomic mass is 10.0. The number of hydrogen-bond acceptors (Lipinski definition) is 5. The Labute approximate surface area is 486 Å². The summed E-state index contributed by atoms with van der Waals surface area (Å²) < 4.78 is 5.47. The summed E-state index contributed by atoms with van der Waals surface area (Å²) in [5.74, 6) is -0.0716. The van der Waals surface area contributed by atoms with Crippen molar-refractivity contribution in [3.8, 4) is 0 Å². The van der Waals surface area contributed by atoms with Crippen LogP contribution in [0, 0.1) is 0 Å². The summed E-state index contributed by atoms with van der Waals surface area (Å²) in [5.41, 5.74) is 0. The van der Waals surface area contributed by atoms with E-state index < -0.39 is 12.1 Å². The Bertz CT molecular complexity index is 1310. The van der Waals surface area contributed by atoms with Gasteiger partial charge in [-0.2, -0.15) is 0 Å². The number of unbranched alkanes of at least 4 members (excludes halogenated alkanes) is 48. The number of allylic oxidation sites excluding steroid dienone is 7. The molecule has 78 heavy (non-hydrogen) atoms. The third-order valence-corrected chi connectivity index (χ3v) is 16.1. The van der Waals surface area contributed by atoms with Crippen LogP contribution in [0.4, 0.5) is 0 Å². The van der Waals surface area contributed by atoms with E-state index in [-0.39, 0.29) is 18.5 Å². The van der Waals surface area contributed by atoms with Crippen LogP contribution in [0.2, 0.25) is 0 Å². The topological polar surface area (TPSA) is 95.9 Å². The van der Waals surface area contributed by atoms with Gasteiger partial charge in [-0.1, -0.05) is 319 Å². The molecule has 0 fully saturated rings. The third-order valence-electron chi connectivity index (χ3n) is 16.1. The number of carbonyl (C=O) groups excluding carboxylic acids is 2. The van der Waals surface area contributed by atoms with Gasteiger partial charge < -0.3 is 20.3 Å². The van der Waals surface area contributed by atoms with Crippen molar-refractivity contribution in [3.05, 3.63) is 48.6 Å². The van der Waals surface area contributed by atoms with Gasteiger partial charge in [-0.3, -0.25) is 9.59 Å². The van der Waals surface area contributed by atoms with Crippen LogP contribution in [0.15, 0.2) is 48.6 Å². The predicted octanol–water partition coefficient (Wildman–Crippen LogP) is 22.5. The van der Waals surface area contributed by atoms with Crippen molar-refractivity contribution < 1.29 is 24.5 Å². The second-order valence-corrected chi connectivity index (χ2v) is 23.9. The number of nitrogens with one attached hydrogen (secondary N) is 1. The normalized spacial score (nSPS) is 12.8. The molecule has 458 valence electrons. The van der Waals surface area contributed by atoms with Gasteiger partial charge >= 0.3 is 5.97 Å². The molecule has 0 bridgehead atoms. The summed E-state index contributed by atoms with van der Waals surface area (Å²) in [5, 5.41) is 23.3.